The molecule has 0 fully saturated rings. The van der Waals surface area contributed by atoms with Crippen LogP contribution >= 0.6 is 0 Å². The highest BCUT2D eigenvalue weighted by molar-refractivity contribution is 5.92. The lowest BCUT2D eigenvalue weighted by Crippen LogP contribution is -2.42. The second-order valence-corrected chi connectivity index (χ2v) is 7.50. The molecule has 0 aliphatic carbocycles. The number of esters is 1. The zero-order valence-corrected chi connectivity index (χ0v) is 19.8. The number of benzene rings is 3. The molecule has 3 aromatic rings. The third-order valence-electron chi connectivity index (χ3n) is 5.17. The van der Waals surface area contributed by atoms with Gasteiger partial charge in [-0.15, -0.1) is 0 Å². The molecule has 0 bridgehead atoms. The van der Waals surface area contributed by atoms with E-state index in [1.807, 2.05) is 6.07 Å². The van der Waals surface area contributed by atoms with Gasteiger partial charge in [-0.1, -0.05) is 12.1 Å². The van der Waals surface area contributed by atoms with Crippen molar-refractivity contribution in [3.63, 3.8) is 0 Å². The first-order valence-electron chi connectivity index (χ1n) is 10.9. The topological polar surface area (TPSA) is 114 Å². The van der Waals surface area contributed by atoms with Crippen LogP contribution in [-0.4, -0.2) is 52.1 Å². The minimum absolute atomic E-state index is 0.0748. The Morgan fingerprint density at radius 3 is 2.33 bits per heavy atom. The third kappa shape index (κ3) is 5.66. The molecular formula is C26H24N2O8. The number of fused-ring (bicyclic) bond motifs is 1. The second kappa shape index (κ2) is 11.1. The maximum absolute atomic E-state index is 12.7. The van der Waals surface area contributed by atoms with Gasteiger partial charge in [-0.05, 0) is 48.0 Å². The lowest BCUT2D eigenvalue weighted by atomic mass is 10.2. The van der Waals surface area contributed by atoms with E-state index in [4.69, 9.17) is 28.4 Å². The number of nitrogens with zero attached hydrogens (tertiary/aromatic N) is 1. The molecule has 10 nitrogen and oxygen atoms in total. The van der Waals surface area contributed by atoms with E-state index in [2.05, 4.69) is 10.5 Å². The SMILES string of the molecule is COc1cc(OC)cc(C(=O)Oc2ccc(C=NNC(=O)C3COc4ccccc4O3)cc2OC)c1. The van der Waals surface area contributed by atoms with Crippen molar-refractivity contribution in [1.29, 1.82) is 0 Å². The Morgan fingerprint density at radius 2 is 1.64 bits per heavy atom. The van der Waals surface area contributed by atoms with Gasteiger partial charge >= 0.3 is 5.97 Å². The van der Waals surface area contributed by atoms with Gasteiger partial charge in [-0.3, -0.25) is 4.79 Å². The summed E-state index contributed by atoms with van der Waals surface area (Å²) in [5.74, 6) is 1.43. The molecule has 1 aliphatic heterocycles. The summed E-state index contributed by atoms with van der Waals surface area (Å²) in [6.45, 7) is 0.0748. The van der Waals surface area contributed by atoms with Crippen LogP contribution in [0.15, 0.2) is 65.8 Å². The van der Waals surface area contributed by atoms with Gasteiger partial charge in [0, 0.05) is 6.07 Å². The summed E-state index contributed by atoms with van der Waals surface area (Å²) in [6, 6.07) is 16.7. The average Bonchev–Trinajstić information content (AvgIpc) is 2.92. The molecule has 186 valence electrons. The predicted octanol–water partition coefficient (Wildman–Crippen LogP) is 3.22. The number of amides is 1. The van der Waals surface area contributed by atoms with Crippen LogP contribution in [0.4, 0.5) is 0 Å². The fraction of sp³-hybridized carbons (Fsp3) is 0.192. The Morgan fingerprint density at radius 1 is 0.917 bits per heavy atom. The fourth-order valence-electron chi connectivity index (χ4n) is 3.32. The van der Waals surface area contributed by atoms with Crippen LogP contribution in [0, 0.1) is 0 Å². The monoisotopic (exact) mass is 492 g/mol. The van der Waals surface area contributed by atoms with Crippen molar-refractivity contribution in [2.24, 2.45) is 5.10 Å². The van der Waals surface area contributed by atoms with Gasteiger partial charge in [0.2, 0.25) is 6.10 Å². The summed E-state index contributed by atoms with van der Waals surface area (Å²) in [7, 11) is 4.43. The summed E-state index contributed by atoms with van der Waals surface area (Å²) in [5, 5.41) is 3.97. The lowest BCUT2D eigenvalue weighted by molar-refractivity contribution is -0.130. The highest BCUT2D eigenvalue weighted by atomic mass is 16.6. The lowest BCUT2D eigenvalue weighted by Gasteiger charge is -2.24. The summed E-state index contributed by atoms with van der Waals surface area (Å²) in [6.07, 6.45) is 0.597. The molecule has 1 atom stereocenters. The van der Waals surface area contributed by atoms with Gasteiger partial charge in [0.1, 0.15) is 18.1 Å². The number of rotatable bonds is 8. The molecule has 1 N–H and O–H groups in total. The highest BCUT2D eigenvalue weighted by Gasteiger charge is 2.27. The zero-order chi connectivity index (χ0) is 25.5. The number of hydrogen-bond donors (Lipinski definition) is 1. The van der Waals surface area contributed by atoms with Gasteiger partial charge in [0.05, 0.1) is 33.1 Å². The van der Waals surface area contributed by atoms with E-state index in [1.54, 1.807) is 54.6 Å². The van der Waals surface area contributed by atoms with Crippen LogP contribution in [-0.2, 0) is 4.79 Å². The first-order chi connectivity index (χ1) is 17.5. The number of para-hydroxylation sites is 2. The molecule has 3 aromatic carbocycles. The van der Waals surface area contributed by atoms with Crippen molar-refractivity contribution < 1.29 is 38.0 Å². The molecule has 1 amide bonds. The maximum Gasteiger partial charge on any atom is 0.343 e. The summed E-state index contributed by atoms with van der Waals surface area (Å²) < 4.78 is 32.5. The Hall–Kier alpha value is -4.73. The van der Waals surface area contributed by atoms with Gasteiger partial charge in [-0.2, -0.15) is 5.10 Å². The minimum Gasteiger partial charge on any atom is -0.497 e. The predicted molar refractivity (Wildman–Crippen MR) is 130 cm³/mol. The summed E-state index contributed by atoms with van der Waals surface area (Å²) in [5.41, 5.74) is 3.28. The number of methoxy groups -OCH3 is 3. The Bertz CT molecular complexity index is 1270. The van der Waals surface area contributed by atoms with E-state index in [0.717, 1.165) is 0 Å². The van der Waals surface area contributed by atoms with E-state index in [-0.39, 0.29) is 17.9 Å². The van der Waals surface area contributed by atoms with Crippen molar-refractivity contribution >= 4 is 18.1 Å². The van der Waals surface area contributed by atoms with Crippen molar-refractivity contribution in [1.82, 2.24) is 5.43 Å². The highest BCUT2D eigenvalue weighted by Crippen LogP contribution is 2.31. The Kier molecular flexibility index (Phi) is 7.54. The van der Waals surface area contributed by atoms with Crippen LogP contribution < -0.4 is 33.8 Å². The summed E-state index contributed by atoms with van der Waals surface area (Å²) in [4.78, 5) is 25.1. The van der Waals surface area contributed by atoms with Crippen LogP contribution in [0.3, 0.4) is 0 Å². The quantitative estimate of drug-likeness (QED) is 0.221. The van der Waals surface area contributed by atoms with E-state index in [9.17, 15) is 9.59 Å². The van der Waals surface area contributed by atoms with Crippen molar-refractivity contribution in [3.8, 4) is 34.5 Å². The molecule has 0 saturated carbocycles. The molecule has 4 rings (SSSR count). The molecule has 0 radical (unpaired) electrons. The van der Waals surface area contributed by atoms with Crippen molar-refractivity contribution in [3.05, 3.63) is 71.8 Å². The van der Waals surface area contributed by atoms with Crippen LogP contribution in [0.5, 0.6) is 34.5 Å². The Labute approximate surface area is 207 Å². The molecule has 36 heavy (non-hydrogen) atoms. The van der Waals surface area contributed by atoms with Gasteiger partial charge in [0.15, 0.2) is 23.0 Å². The first-order valence-corrected chi connectivity index (χ1v) is 10.9. The van der Waals surface area contributed by atoms with Gasteiger partial charge < -0.3 is 28.4 Å². The van der Waals surface area contributed by atoms with Crippen molar-refractivity contribution in [2.75, 3.05) is 27.9 Å². The average molecular weight is 492 g/mol. The van der Waals surface area contributed by atoms with Crippen molar-refractivity contribution in [2.45, 2.75) is 6.10 Å². The third-order valence-corrected chi connectivity index (χ3v) is 5.17. The molecule has 1 aliphatic rings. The smallest absolute Gasteiger partial charge is 0.343 e. The molecular weight excluding hydrogens is 468 g/mol. The minimum atomic E-state index is -0.830. The van der Waals surface area contributed by atoms with E-state index < -0.39 is 18.0 Å². The summed E-state index contributed by atoms with van der Waals surface area (Å²) >= 11 is 0. The maximum atomic E-state index is 12.7. The number of carbonyl (C=O) groups is 2. The number of ether oxygens (including phenoxy) is 6. The molecule has 1 unspecified atom stereocenters. The number of hydrogen-bond acceptors (Lipinski definition) is 9. The fourth-order valence-corrected chi connectivity index (χ4v) is 3.32. The number of hydrazone groups is 1. The molecule has 0 spiro atoms. The standard InChI is InChI=1S/C26H24N2O8/c1-31-18-11-17(12-19(13-18)32-2)26(30)36-22-9-8-16(10-23(22)33-3)14-27-28-25(29)24-15-34-20-6-4-5-7-21(20)35-24/h4-14,24H,15H2,1-3H3,(H,28,29). The van der Waals surface area contributed by atoms with Gasteiger partial charge in [0.25, 0.3) is 5.91 Å². The van der Waals surface area contributed by atoms with Crippen LogP contribution in [0.1, 0.15) is 15.9 Å². The second-order valence-electron chi connectivity index (χ2n) is 7.50. The molecule has 0 aromatic heterocycles. The van der Waals surface area contributed by atoms with Crippen LogP contribution in [0.25, 0.3) is 0 Å². The Balaban J connectivity index is 1.39. The first kappa shape index (κ1) is 24.4. The normalized spacial score (nSPS) is 14.1. The van der Waals surface area contributed by atoms with Gasteiger partial charge in [-0.25, -0.2) is 10.2 Å². The number of nitrogens with one attached hydrogen (secondary N) is 1. The molecule has 1 heterocycles. The molecule has 0 saturated heterocycles. The largest absolute Gasteiger partial charge is 0.497 e. The number of carbonyl (C=O) groups excluding carboxylic acids is 2. The zero-order valence-electron chi connectivity index (χ0n) is 19.8. The van der Waals surface area contributed by atoms with E-state index >= 15 is 0 Å². The van der Waals surface area contributed by atoms with E-state index in [0.29, 0.717) is 34.3 Å². The van der Waals surface area contributed by atoms with Crippen LogP contribution in [0.2, 0.25) is 0 Å². The molecule has 10 heteroatoms. The van der Waals surface area contributed by atoms with E-state index in [1.165, 1.54) is 27.5 Å².